The Morgan fingerprint density at radius 3 is 2.26 bits per heavy atom. The second kappa shape index (κ2) is 6.12. The summed E-state index contributed by atoms with van der Waals surface area (Å²) in [4.78, 5) is 25.9. The molecule has 138 valence electrons. The number of benzene rings is 2. The van der Waals surface area contributed by atoms with Crippen LogP contribution in [0.5, 0.6) is 0 Å². The van der Waals surface area contributed by atoms with Crippen LogP contribution in [0.4, 0.5) is 4.79 Å². The predicted molar refractivity (Wildman–Crippen MR) is 99.5 cm³/mol. The molecule has 1 aliphatic heterocycles. The van der Waals surface area contributed by atoms with E-state index in [4.69, 9.17) is 4.74 Å². The Morgan fingerprint density at radius 2 is 1.63 bits per heavy atom. The third-order valence-corrected chi connectivity index (χ3v) is 6.39. The van der Waals surface area contributed by atoms with Crippen molar-refractivity contribution in [2.24, 2.45) is 5.92 Å². The molecule has 2 fully saturated rings. The summed E-state index contributed by atoms with van der Waals surface area (Å²) >= 11 is 0. The van der Waals surface area contributed by atoms with Crippen molar-refractivity contribution in [3.63, 3.8) is 0 Å². The summed E-state index contributed by atoms with van der Waals surface area (Å²) in [6.07, 6.45) is 2.05. The van der Waals surface area contributed by atoms with Crippen molar-refractivity contribution in [2.75, 3.05) is 6.61 Å². The third kappa shape index (κ3) is 2.45. The predicted octanol–water partition coefficient (Wildman–Crippen LogP) is 3.87. The number of aliphatic carboxylic acids is 1. The van der Waals surface area contributed by atoms with E-state index in [9.17, 15) is 14.7 Å². The number of rotatable bonds is 3. The number of amides is 1. The van der Waals surface area contributed by atoms with Gasteiger partial charge in [-0.2, -0.15) is 0 Å². The summed E-state index contributed by atoms with van der Waals surface area (Å²) in [7, 11) is 0. The van der Waals surface area contributed by atoms with Crippen molar-refractivity contribution >= 4 is 12.1 Å². The number of hydrogen-bond donors (Lipinski definition) is 1. The van der Waals surface area contributed by atoms with E-state index in [1.807, 2.05) is 24.3 Å². The minimum absolute atomic E-state index is 0.00625. The highest BCUT2D eigenvalue weighted by Crippen LogP contribution is 2.45. The van der Waals surface area contributed by atoms with Gasteiger partial charge in [0.2, 0.25) is 0 Å². The number of fused-ring (bicyclic) bond motifs is 5. The van der Waals surface area contributed by atoms with Crippen LogP contribution in [0.15, 0.2) is 48.5 Å². The van der Waals surface area contributed by atoms with Gasteiger partial charge in [-0.05, 0) is 47.4 Å². The second-order valence-corrected chi connectivity index (χ2v) is 7.72. The fourth-order valence-electron chi connectivity index (χ4n) is 5.24. The lowest BCUT2D eigenvalue weighted by atomic mass is 9.98. The van der Waals surface area contributed by atoms with E-state index in [2.05, 4.69) is 24.3 Å². The number of carboxylic acid groups (broad SMARTS) is 1. The first-order valence-corrected chi connectivity index (χ1v) is 9.51. The zero-order valence-corrected chi connectivity index (χ0v) is 14.9. The lowest BCUT2D eigenvalue weighted by Crippen LogP contribution is -2.49. The van der Waals surface area contributed by atoms with E-state index in [1.54, 1.807) is 0 Å². The Bertz CT molecular complexity index is 879. The van der Waals surface area contributed by atoms with Crippen LogP contribution in [-0.2, 0) is 9.53 Å². The van der Waals surface area contributed by atoms with Crippen molar-refractivity contribution in [3.8, 4) is 11.1 Å². The average Bonchev–Trinajstić information content (AvgIpc) is 3.38. The van der Waals surface area contributed by atoms with Gasteiger partial charge in [0.1, 0.15) is 12.6 Å². The Balaban J connectivity index is 1.37. The molecule has 1 heterocycles. The van der Waals surface area contributed by atoms with Crippen molar-refractivity contribution in [3.05, 3.63) is 59.7 Å². The first-order valence-electron chi connectivity index (χ1n) is 9.51. The molecule has 1 saturated carbocycles. The molecular weight excluding hydrogens is 342 g/mol. The van der Waals surface area contributed by atoms with Crippen LogP contribution in [0.3, 0.4) is 0 Å². The average molecular weight is 363 g/mol. The molecule has 5 nitrogen and oxygen atoms in total. The lowest BCUT2D eigenvalue weighted by Gasteiger charge is -2.32. The van der Waals surface area contributed by atoms with Gasteiger partial charge >= 0.3 is 12.1 Å². The van der Waals surface area contributed by atoms with E-state index in [0.717, 1.165) is 30.4 Å². The van der Waals surface area contributed by atoms with Gasteiger partial charge in [0, 0.05) is 12.0 Å². The van der Waals surface area contributed by atoms with Crippen LogP contribution < -0.4 is 0 Å². The minimum atomic E-state index is -0.921. The van der Waals surface area contributed by atoms with Gasteiger partial charge in [-0.25, -0.2) is 9.59 Å². The van der Waals surface area contributed by atoms with Gasteiger partial charge in [0.25, 0.3) is 0 Å². The van der Waals surface area contributed by atoms with Crippen LogP contribution >= 0.6 is 0 Å². The molecule has 3 aliphatic rings. The fourth-order valence-corrected chi connectivity index (χ4v) is 5.24. The fraction of sp³-hybridized carbons (Fsp3) is 0.364. The largest absolute Gasteiger partial charge is 0.480 e. The molecule has 5 rings (SSSR count). The topological polar surface area (TPSA) is 66.8 Å². The van der Waals surface area contributed by atoms with Crippen molar-refractivity contribution in [1.29, 1.82) is 0 Å². The quantitative estimate of drug-likeness (QED) is 0.899. The Morgan fingerprint density at radius 1 is 1.00 bits per heavy atom. The van der Waals surface area contributed by atoms with Gasteiger partial charge in [0.15, 0.2) is 0 Å². The Hall–Kier alpha value is -2.82. The van der Waals surface area contributed by atoms with Gasteiger partial charge in [-0.15, -0.1) is 0 Å². The third-order valence-electron chi connectivity index (χ3n) is 6.39. The molecule has 1 amide bonds. The van der Waals surface area contributed by atoms with Crippen LogP contribution in [0, 0.1) is 5.92 Å². The number of piperidine rings is 1. The monoisotopic (exact) mass is 363 g/mol. The molecule has 2 aromatic carbocycles. The molecule has 0 radical (unpaired) electrons. The smallest absolute Gasteiger partial charge is 0.410 e. The van der Waals surface area contributed by atoms with E-state index < -0.39 is 18.1 Å². The van der Waals surface area contributed by atoms with E-state index in [-0.39, 0.29) is 24.5 Å². The van der Waals surface area contributed by atoms with E-state index in [1.165, 1.54) is 16.0 Å². The van der Waals surface area contributed by atoms with Gasteiger partial charge in [0.05, 0.1) is 0 Å². The molecule has 27 heavy (non-hydrogen) atoms. The zero-order chi connectivity index (χ0) is 18.5. The Kier molecular flexibility index (Phi) is 3.71. The number of ether oxygens (including phenoxy) is 1. The maximum atomic E-state index is 12.8. The highest BCUT2D eigenvalue weighted by atomic mass is 16.6. The van der Waals surface area contributed by atoms with Crippen LogP contribution in [0.1, 0.15) is 36.3 Å². The molecule has 2 aromatic rings. The molecule has 0 aromatic heterocycles. The molecule has 0 unspecified atom stereocenters. The van der Waals surface area contributed by atoms with Crippen LogP contribution in [-0.4, -0.2) is 40.8 Å². The number of likely N-dealkylation sites (tertiary alicyclic amines) is 1. The van der Waals surface area contributed by atoms with Gasteiger partial charge < -0.3 is 9.84 Å². The van der Waals surface area contributed by atoms with Gasteiger partial charge in [-0.1, -0.05) is 48.5 Å². The number of nitrogens with zero attached hydrogens (tertiary/aromatic N) is 1. The number of hydrogen-bond acceptors (Lipinski definition) is 3. The molecule has 1 N–H and O–H groups in total. The first-order chi connectivity index (χ1) is 13.1. The van der Waals surface area contributed by atoms with Gasteiger partial charge in [-0.3, -0.25) is 4.90 Å². The highest BCUT2D eigenvalue weighted by Gasteiger charge is 2.52. The zero-order valence-electron chi connectivity index (χ0n) is 14.9. The summed E-state index contributed by atoms with van der Waals surface area (Å²) in [6, 6.07) is 15.6. The standard InChI is InChI=1S/C22H21NO4/c24-21(25)20-13-9-10-14(11-13)23(20)22(26)27-12-19-17-7-3-1-5-15(17)16-6-2-4-8-18(16)19/h1-8,13-14,19-20H,9-12H2,(H,24,25)/t13-,14+,20+/m1/s1. The molecule has 3 atom stereocenters. The molecule has 1 saturated heterocycles. The second-order valence-electron chi connectivity index (χ2n) is 7.72. The lowest BCUT2D eigenvalue weighted by molar-refractivity contribution is -0.144. The SMILES string of the molecule is O=C(O)[C@@H]1[C@@H]2CC[C@@H](C2)N1C(=O)OCC1c2ccccc2-c2ccccc21. The van der Waals surface area contributed by atoms with Crippen molar-refractivity contribution in [1.82, 2.24) is 4.90 Å². The number of carbonyl (C=O) groups excluding carboxylic acids is 1. The van der Waals surface area contributed by atoms with E-state index >= 15 is 0 Å². The van der Waals surface area contributed by atoms with Crippen LogP contribution in [0.2, 0.25) is 0 Å². The summed E-state index contributed by atoms with van der Waals surface area (Å²) in [5, 5.41) is 9.55. The molecule has 2 bridgehead atoms. The summed E-state index contributed by atoms with van der Waals surface area (Å²) < 4.78 is 5.68. The maximum absolute atomic E-state index is 12.8. The highest BCUT2D eigenvalue weighted by molar-refractivity contribution is 5.82. The number of carboxylic acids is 1. The minimum Gasteiger partial charge on any atom is -0.480 e. The normalized spacial score (nSPS) is 25.3. The number of carbonyl (C=O) groups is 2. The molecule has 0 spiro atoms. The summed E-state index contributed by atoms with van der Waals surface area (Å²) in [5.74, 6) is -0.867. The first kappa shape index (κ1) is 16.4. The van der Waals surface area contributed by atoms with Crippen LogP contribution in [0.25, 0.3) is 11.1 Å². The molecular formula is C22H21NO4. The maximum Gasteiger partial charge on any atom is 0.410 e. The molecule has 5 heteroatoms. The molecule has 2 aliphatic carbocycles. The summed E-state index contributed by atoms with van der Waals surface area (Å²) in [6.45, 7) is 0.229. The van der Waals surface area contributed by atoms with Crippen molar-refractivity contribution < 1.29 is 19.4 Å². The Labute approximate surface area is 157 Å². The summed E-state index contributed by atoms with van der Waals surface area (Å²) in [5.41, 5.74) is 4.67. The van der Waals surface area contributed by atoms with Crippen molar-refractivity contribution in [2.45, 2.75) is 37.3 Å². The van der Waals surface area contributed by atoms with E-state index in [0.29, 0.717) is 0 Å².